The van der Waals surface area contributed by atoms with Crippen molar-refractivity contribution in [2.75, 3.05) is 12.1 Å². The molecule has 0 atom stereocenters. The Hall–Kier alpha value is -3.25. The number of rotatable bonds is 5. The van der Waals surface area contributed by atoms with Crippen molar-refractivity contribution in [2.45, 2.75) is 13.5 Å². The Morgan fingerprint density at radius 3 is 2.79 bits per heavy atom. The van der Waals surface area contributed by atoms with E-state index in [4.69, 9.17) is 21.1 Å². The standard InChI is InChI=1S/C21H18ClN3O3/c1-13-2-5-16(22)9-17(13)25-20-7-4-15(11-23-20)21(26)24-10-14-3-6-18-19(8-14)28-12-27-18/h2-9,11H,10,12H2,1H3,(H,23,25)(H,24,26). The molecule has 0 bridgehead atoms. The van der Waals surface area contributed by atoms with Crippen LogP contribution in [0.2, 0.25) is 5.02 Å². The number of anilines is 2. The number of nitrogens with one attached hydrogen (secondary N) is 2. The van der Waals surface area contributed by atoms with Gasteiger partial charge in [0.1, 0.15) is 5.82 Å². The smallest absolute Gasteiger partial charge is 0.253 e. The van der Waals surface area contributed by atoms with Crippen LogP contribution in [0.1, 0.15) is 21.5 Å². The van der Waals surface area contributed by atoms with Crippen LogP contribution >= 0.6 is 11.6 Å². The lowest BCUT2D eigenvalue weighted by Crippen LogP contribution is -2.22. The Bertz CT molecular complexity index is 1020. The molecule has 1 aromatic heterocycles. The summed E-state index contributed by atoms with van der Waals surface area (Å²) in [5.41, 5.74) is 3.34. The second-order valence-corrected chi connectivity index (χ2v) is 6.82. The molecule has 6 nitrogen and oxygen atoms in total. The van der Waals surface area contributed by atoms with Crippen molar-refractivity contribution in [2.24, 2.45) is 0 Å². The minimum atomic E-state index is -0.198. The largest absolute Gasteiger partial charge is 0.454 e. The van der Waals surface area contributed by atoms with E-state index in [0.717, 1.165) is 22.6 Å². The first-order chi connectivity index (χ1) is 13.6. The van der Waals surface area contributed by atoms with E-state index >= 15 is 0 Å². The van der Waals surface area contributed by atoms with Crippen LogP contribution in [0.25, 0.3) is 0 Å². The number of nitrogens with zero attached hydrogens (tertiary/aromatic N) is 1. The van der Waals surface area contributed by atoms with Crippen LogP contribution in [0.5, 0.6) is 11.5 Å². The first-order valence-electron chi connectivity index (χ1n) is 8.74. The van der Waals surface area contributed by atoms with Crippen molar-refractivity contribution < 1.29 is 14.3 Å². The van der Waals surface area contributed by atoms with Gasteiger partial charge in [-0.05, 0) is 54.4 Å². The van der Waals surface area contributed by atoms with Crippen LogP contribution in [0.15, 0.2) is 54.7 Å². The fourth-order valence-corrected chi connectivity index (χ4v) is 2.98. The van der Waals surface area contributed by atoms with E-state index < -0.39 is 0 Å². The van der Waals surface area contributed by atoms with Crippen molar-refractivity contribution in [1.82, 2.24) is 10.3 Å². The number of aromatic nitrogens is 1. The normalized spacial score (nSPS) is 11.9. The van der Waals surface area contributed by atoms with Crippen molar-refractivity contribution >= 4 is 29.0 Å². The number of amides is 1. The number of benzene rings is 2. The molecular weight excluding hydrogens is 378 g/mol. The van der Waals surface area contributed by atoms with E-state index in [1.165, 1.54) is 6.20 Å². The SMILES string of the molecule is Cc1ccc(Cl)cc1Nc1ccc(C(=O)NCc2ccc3c(c2)OCO3)cn1. The van der Waals surface area contributed by atoms with Gasteiger partial charge in [0.2, 0.25) is 6.79 Å². The van der Waals surface area contributed by atoms with Gasteiger partial charge in [0.05, 0.1) is 5.56 Å². The second-order valence-electron chi connectivity index (χ2n) is 6.39. The van der Waals surface area contributed by atoms with Crippen molar-refractivity contribution in [3.8, 4) is 11.5 Å². The lowest BCUT2D eigenvalue weighted by molar-refractivity contribution is 0.0950. The van der Waals surface area contributed by atoms with Crippen LogP contribution in [-0.2, 0) is 6.54 Å². The summed E-state index contributed by atoms with van der Waals surface area (Å²) in [6.45, 7) is 2.60. The van der Waals surface area contributed by atoms with Crippen LogP contribution in [0.3, 0.4) is 0 Å². The predicted molar refractivity (Wildman–Crippen MR) is 107 cm³/mol. The predicted octanol–water partition coefficient (Wildman–Crippen LogP) is 4.45. The summed E-state index contributed by atoms with van der Waals surface area (Å²) >= 11 is 6.04. The molecule has 2 aromatic carbocycles. The fraction of sp³-hybridized carbons (Fsp3) is 0.143. The zero-order valence-electron chi connectivity index (χ0n) is 15.2. The minimum absolute atomic E-state index is 0.198. The summed E-state index contributed by atoms with van der Waals surface area (Å²) in [4.78, 5) is 16.7. The third kappa shape index (κ3) is 4.02. The molecule has 3 aromatic rings. The molecule has 0 radical (unpaired) electrons. The van der Waals surface area contributed by atoms with Gasteiger partial charge in [0.25, 0.3) is 5.91 Å². The zero-order chi connectivity index (χ0) is 19.5. The first kappa shape index (κ1) is 18.1. The Labute approximate surface area is 167 Å². The van der Waals surface area contributed by atoms with Gasteiger partial charge >= 0.3 is 0 Å². The minimum Gasteiger partial charge on any atom is -0.454 e. The number of hydrogen-bond donors (Lipinski definition) is 2. The van der Waals surface area contributed by atoms with Crippen LogP contribution < -0.4 is 20.1 Å². The van der Waals surface area contributed by atoms with Gasteiger partial charge < -0.3 is 20.1 Å². The third-order valence-electron chi connectivity index (χ3n) is 4.38. The average Bonchev–Trinajstić information content (AvgIpc) is 3.17. The summed E-state index contributed by atoms with van der Waals surface area (Å²) in [6, 6.07) is 14.7. The molecule has 142 valence electrons. The van der Waals surface area contributed by atoms with Gasteiger partial charge in [-0.3, -0.25) is 4.79 Å². The van der Waals surface area contributed by atoms with Gasteiger partial charge in [-0.2, -0.15) is 0 Å². The molecule has 2 heterocycles. The summed E-state index contributed by atoms with van der Waals surface area (Å²) in [6.07, 6.45) is 1.54. The molecule has 28 heavy (non-hydrogen) atoms. The highest BCUT2D eigenvalue weighted by atomic mass is 35.5. The number of halogens is 1. The molecule has 1 amide bonds. The van der Waals surface area contributed by atoms with E-state index in [1.807, 2.05) is 43.3 Å². The van der Waals surface area contributed by atoms with Crippen LogP contribution in [0, 0.1) is 6.92 Å². The Morgan fingerprint density at radius 1 is 1.11 bits per heavy atom. The molecule has 2 N–H and O–H groups in total. The first-order valence-corrected chi connectivity index (χ1v) is 9.12. The topological polar surface area (TPSA) is 72.5 Å². The Morgan fingerprint density at radius 2 is 1.96 bits per heavy atom. The highest BCUT2D eigenvalue weighted by Crippen LogP contribution is 2.32. The lowest BCUT2D eigenvalue weighted by Gasteiger charge is -2.10. The summed E-state index contributed by atoms with van der Waals surface area (Å²) < 4.78 is 10.6. The maximum absolute atomic E-state index is 12.4. The van der Waals surface area contributed by atoms with Crippen LogP contribution in [-0.4, -0.2) is 17.7 Å². The molecule has 0 saturated carbocycles. The second kappa shape index (κ2) is 7.78. The molecule has 0 spiro atoms. The molecule has 7 heteroatoms. The summed E-state index contributed by atoms with van der Waals surface area (Å²) in [7, 11) is 0. The fourth-order valence-electron chi connectivity index (χ4n) is 2.80. The van der Waals surface area contributed by atoms with E-state index in [9.17, 15) is 4.79 Å². The molecule has 0 unspecified atom stereocenters. The quantitative estimate of drug-likeness (QED) is 0.668. The van der Waals surface area contributed by atoms with E-state index in [2.05, 4.69) is 15.6 Å². The molecular formula is C21H18ClN3O3. The Kier molecular flexibility index (Phi) is 5.04. The highest BCUT2D eigenvalue weighted by Gasteiger charge is 2.14. The average molecular weight is 396 g/mol. The molecule has 0 saturated heterocycles. The lowest BCUT2D eigenvalue weighted by atomic mass is 10.2. The monoisotopic (exact) mass is 395 g/mol. The van der Waals surface area contributed by atoms with E-state index in [-0.39, 0.29) is 12.7 Å². The molecule has 0 fully saturated rings. The van der Waals surface area contributed by atoms with Gasteiger partial charge in [-0.1, -0.05) is 23.7 Å². The number of pyridine rings is 1. The van der Waals surface area contributed by atoms with Gasteiger partial charge in [-0.25, -0.2) is 4.98 Å². The maximum atomic E-state index is 12.4. The number of ether oxygens (including phenoxy) is 2. The molecule has 4 rings (SSSR count). The summed E-state index contributed by atoms with van der Waals surface area (Å²) in [5.74, 6) is 1.85. The summed E-state index contributed by atoms with van der Waals surface area (Å²) in [5, 5.41) is 6.73. The van der Waals surface area contributed by atoms with Crippen molar-refractivity contribution in [3.05, 3.63) is 76.4 Å². The van der Waals surface area contributed by atoms with E-state index in [0.29, 0.717) is 28.7 Å². The van der Waals surface area contributed by atoms with Gasteiger partial charge in [0.15, 0.2) is 11.5 Å². The van der Waals surface area contributed by atoms with Gasteiger partial charge in [-0.15, -0.1) is 0 Å². The number of aryl methyl sites for hydroxylation is 1. The molecule has 0 aliphatic carbocycles. The third-order valence-corrected chi connectivity index (χ3v) is 4.61. The highest BCUT2D eigenvalue weighted by molar-refractivity contribution is 6.30. The van der Waals surface area contributed by atoms with Gasteiger partial charge in [0, 0.05) is 23.5 Å². The molecule has 1 aliphatic rings. The number of carbonyl (C=O) groups is 1. The maximum Gasteiger partial charge on any atom is 0.253 e. The van der Waals surface area contributed by atoms with Crippen molar-refractivity contribution in [1.29, 1.82) is 0 Å². The molecule has 1 aliphatic heterocycles. The zero-order valence-corrected chi connectivity index (χ0v) is 15.9. The number of carbonyl (C=O) groups excluding carboxylic acids is 1. The van der Waals surface area contributed by atoms with Crippen molar-refractivity contribution in [3.63, 3.8) is 0 Å². The van der Waals surface area contributed by atoms with Crippen LogP contribution in [0.4, 0.5) is 11.5 Å². The number of fused-ring (bicyclic) bond motifs is 1. The Balaban J connectivity index is 1.38. The number of hydrogen-bond acceptors (Lipinski definition) is 5. The van der Waals surface area contributed by atoms with E-state index in [1.54, 1.807) is 12.1 Å².